The number of hydrogen-bond acceptors (Lipinski definition) is 4. The highest BCUT2D eigenvalue weighted by molar-refractivity contribution is 8.01. The van der Waals surface area contributed by atoms with E-state index in [4.69, 9.17) is 0 Å². The highest BCUT2D eigenvalue weighted by Crippen LogP contribution is 2.34. The summed E-state index contributed by atoms with van der Waals surface area (Å²) in [6, 6.07) is 7.88. The van der Waals surface area contributed by atoms with Crippen molar-refractivity contribution in [2.24, 2.45) is 0 Å². The summed E-state index contributed by atoms with van der Waals surface area (Å²) in [6.45, 7) is 0. The summed E-state index contributed by atoms with van der Waals surface area (Å²) >= 11 is 1.44. The van der Waals surface area contributed by atoms with Gasteiger partial charge < -0.3 is 9.90 Å². The van der Waals surface area contributed by atoms with Crippen molar-refractivity contribution in [1.82, 2.24) is 0 Å². The molecule has 0 spiro atoms. The Kier molecular flexibility index (Phi) is 7.18. The zero-order valence-electron chi connectivity index (χ0n) is 15.5. The molecule has 2 aliphatic rings. The number of ketones is 1. The van der Waals surface area contributed by atoms with E-state index in [0.717, 1.165) is 25.7 Å². The third-order valence-corrected chi connectivity index (χ3v) is 7.40. The lowest BCUT2D eigenvalue weighted by molar-refractivity contribution is -0.304. The summed E-state index contributed by atoms with van der Waals surface area (Å²) in [6.07, 6.45) is 12.1. The Bertz CT molecular complexity index is 598. The van der Waals surface area contributed by atoms with Crippen molar-refractivity contribution >= 4 is 23.5 Å². The number of carbonyl (C=O) groups excluding carboxylic acids is 2. The van der Waals surface area contributed by atoms with Gasteiger partial charge in [-0.2, -0.15) is 0 Å². The molecule has 0 bridgehead atoms. The predicted octanol–water partition coefficient (Wildman–Crippen LogP) is 4.49. The molecule has 0 aliphatic heterocycles. The van der Waals surface area contributed by atoms with Gasteiger partial charge in [0.2, 0.25) is 0 Å². The number of carbonyl (C=O) groups is 2. The second-order valence-corrected chi connectivity index (χ2v) is 9.30. The van der Waals surface area contributed by atoms with E-state index in [9.17, 15) is 14.7 Å². The van der Waals surface area contributed by atoms with Gasteiger partial charge in [0.1, 0.15) is 0 Å². The number of hydrogen-bond donors (Lipinski definition) is 0. The summed E-state index contributed by atoms with van der Waals surface area (Å²) in [5.41, 5.74) is 1.94. The minimum absolute atomic E-state index is 0.0340. The van der Waals surface area contributed by atoms with Crippen molar-refractivity contribution in [3.63, 3.8) is 0 Å². The van der Waals surface area contributed by atoms with Crippen LogP contribution in [-0.4, -0.2) is 22.3 Å². The molecule has 0 radical (unpaired) electrons. The fraction of sp³-hybridized carbons (Fsp3) is 0.636. The molecule has 142 valence electrons. The molecule has 4 heteroatoms. The second-order valence-electron chi connectivity index (χ2n) is 7.79. The number of aliphatic carboxylic acids is 1. The molecule has 2 aliphatic carbocycles. The zero-order chi connectivity index (χ0) is 18.4. The number of thioether (sulfide) groups is 1. The van der Waals surface area contributed by atoms with Crippen LogP contribution in [-0.2, 0) is 4.79 Å². The molecular weight excluding hydrogens is 344 g/mol. The lowest BCUT2D eigenvalue weighted by Gasteiger charge is -2.26. The maximum Gasteiger partial charge on any atom is 0.164 e. The summed E-state index contributed by atoms with van der Waals surface area (Å²) < 4.78 is 0. The highest BCUT2D eigenvalue weighted by Gasteiger charge is 2.23. The molecule has 0 unspecified atom stereocenters. The van der Waals surface area contributed by atoms with E-state index in [1.54, 1.807) is 0 Å². The largest absolute Gasteiger partial charge is 0.549 e. The normalized spacial score (nSPS) is 20.6. The van der Waals surface area contributed by atoms with Gasteiger partial charge in [0.05, 0.1) is 11.2 Å². The van der Waals surface area contributed by atoms with Crippen LogP contribution >= 0.6 is 11.8 Å². The fourth-order valence-corrected chi connectivity index (χ4v) is 5.71. The van der Waals surface area contributed by atoms with Crippen molar-refractivity contribution in [2.75, 3.05) is 0 Å². The average molecular weight is 374 g/mol. The van der Waals surface area contributed by atoms with Crippen LogP contribution in [0.5, 0.6) is 0 Å². The lowest BCUT2D eigenvalue weighted by atomic mass is 9.84. The van der Waals surface area contributed by atoms with Crippen LogP contribution in [0.2, 0.25) is 0 Å². The first-order valence-electron chi connectivity index (χ1n) is 10.1. The third-order valence-electron chi connectivity index (χ3n) is 5.85. The minimum Gasteiger partial charge on any atom is -0.549 e. The SMILES string of the molecule is O=C(C[C@H](SC1CCCCC1)C(=O)[O-])c1ccc(C2CCCCC2)cc1. The molecule has 26 heavy (non-hydrogen) atoms. The summed E-state index contributed by atoms with van der Waals surface area (Å²) in [4.78, 5) is 24.1. The molecule has 0 amide bonds. The van der Waals surface area contributed by atoms with Crippen molar-refractivity contribution in [3.05, 3.63) is 35.4 Å². The Morgan fingerprint density at radius 1 is 0.923 bits per heavy atom. The van der Waals surface area contributed by atoms with E-state index in [2.05, 4.69) is 12.1 Å². The molecule has 2 fully saturated rings. The molecule has 1 aromatic rings. The summed E-state index contributed by atoms with van der Waals surface area (Å²) in [5.74, 6) is -0.573. The lowest BCUT2D eigenvalue weighted by Crippen LogP contribution is -2.36. The Labute approximate surface area is 160 Å². The van der Waals surface area contributed by atoms with Crippen LogP contribution in [0, 0.1) is 0 Å². The average Bonchev–Trinajstić information content (AvgIpc) is 2.69. The van der Waals surface area contributed by atoms with Gasteiger partial charge in [-0.15, -0.1) is 11.8 Å². The van der Waals surface area contributed by atoms with Crippen molar-refractivity contribution in [3.8, 4) is 0 Å². The third kappa shape index (κ3) is 5.35. The van der Waals surface area contributed by atoms with Crippen molar-refractivity contribution in [2.45, 2.75) is 87.0 Å². The quantitative estimate of drug-likeness (QED) is 0.661. The molecule has 1 aromatic carbocycles. The molecular formula is C22H29O3S-. The second kappa shape index (κ2) is 9.59. The first-order chi connectivity index (χ1) is 12.6. The monoisotopic (exact) mass is 373 g/mol. The maximum absolute atomic E-state index is 12.6. The van der Waals surface area contributed by atoms with Crippen LogP contribution in [0.25, 0.3) is 0 Å². The van der Waals surface area contributed by atoms with Crippen LogP contribution < -0.4 is 5.11 Å². The van der Waals surface area contributed by atoms with Gasteiger partial charge in [-0.05, 0) is 37.2 Å². The van der Waals surface area contributed by atoms with E-state index in [-0.39, 0.29) is 12.2 Å². The van der Waals surface area contributed by atoms with Crippen LogP contribution in [0.4, 0.5) is 0 Å². The highest BCUT2D eigenvalue weighted by atomic mass is 32.2. The number of carboxylic acids is 1. The Balaban J connectivity index is 1.58. The van der Waals surface area contributed by atoms with E-state index in [0.29, 0.717) is 16.7 Å². The summed E-state index contributed by atoms with van der Waals surface area (Å²) in [7, 11) is 0. The zero-order valence-corrected chi connectivity index (χ0v) is 16.3. The molecule has 1 atom stereocenters. The summed E-state index contributed by atoms with van der Waals surface area (Å²) in [5, 5.41) is 11.1. The van der Waals surface area contributed by atoms with Gasteiger partial charge in [-0.3, -0.25) is 4.79 Å². The molecule has 2 saturated carbocycles. The number of rotatable bonds is 7. The van der Waals surface area contributed by atoms with Gasteiger partial charge in [0, 0.05) is 17.2 Å². The van der Waals surface area contributed by atoms with E-state index < -0.39 is 11.2 Å². The maximum atomic E-state index is 12.6. The van der Waals surface area contributed by atoms with Crippen LogP contribution in [0.15, 0.2) is 24.3 Å². The molecule has 3 nitrogen and oxygen atoms in total. The number of Topliss-reactive ketones (excluding diaryl/α,β-unsaturated/α-hetero) is 1. The Hall–Kier alpha value is -1.29. The Morgan fingerprint density at radius 2 is 1.50 bits per heavy atom. The van der Waals surface area contributed by atoms with Crippen molar-refractivity contribution < 1.29 is 14.7 Å². The predicted molar refractivity (Wildman–Crippen MR) is 104 cm³/mol. The van der Waals surface area contributed by atoms with Gasteiger partial charge in [-0.1, -0.05) is 62.8 Å². The minimum atomic E-state index is -1.10. The molecule has 0 N–H and O–H groups in total. The topological polar surface area (TPSA) is 57.2 Å². The number of carboxylic acid groups (broad SMARTS) is 1. The Morgan fingerprint density at radius 3 is 2.08 bits per heavy atom. The fourth-order valence-electron chi connectivity index (χ4n) is 4.28. The first-order valence-corrected chi connectivity index (χ1v) is 11.1. The van der Waals surface area contributed by atoms with E-state index >= 15 is 0 Å². The van der Waals surface area contributed by atoms with Crippen LogP contribution in [0.3, 0.4) is 0 Å². The molecule has 0 saturated heterocycles. The first kappa shape index (κ1) is 19.5. The van der Waals surface area contributed by atoms with E-state index in [1.807, 2.05) is 12.1 Å². The molecule has 0 heterocycles. The van der Waals surface area contributed by atoms with Gasteiger partial charge >= 0.3 is 0 Å². The van der Waals surface area contributed by atoms with Crippen molar-refractivity contribution in [1.29, 1.82) is 0 Å². The standard InChI is InChI=1S/C22H30O3S/c23-20(15-21(22(24)25)26-19-9-5-2-6-10-19)18-13-11-17(12-14-18)16-7-3-1-4-8-16/h11-14,16,19,21H,1-10,15H2,(H,24,25)/p-1/t21-/m0/s1. The van der Waals surface area contributed by atoms with Gasteiger partial charge in [-0.25, -0.2) is 0 Å². The van der Waals surface area contributed by atoms with E-state index in [1.165, 1.54) is 55.9 Å². The number of benzene rings is 1. The molecule has 3 rings (SSSR count). The van der Waals surface area contributed by atoms with Gasteiger partial charge in [0.25, 0.3) is 0 Å². The molecule has 0 aromatic heterocycles. The smallest absolute Gasteiger partial charge is 0.164 e. The van der Waals surface area contributed by atoms with Crippen LogP contribution in [0.1, 0.15) is 92.5 Å². The van der Waals surface area contributed by atoms with Gasteiger partial charge in [0.15, 0.2) is 5.78 Å².